The number of carbonyl (C=O) groups is 1. The van der Waals surface area contributed by atoms with E-state index in [1.807, 2.05) is 0 Å². The second-order valence-electron chi connectivity index (χ2n) is 4.21. The normalized spacial score (nSPS) is 10.4. The first-order valence-electron chi connectivity index (χ1n) is 4.84. The van der Waals surface area contributed by atoms with E-state index in [1.165, 1.54) is 18.2 Å². The molecule has 0 radical (unpaired) electrons. The topological polar surface area (TPSA) is 76.0 Å². The van der Waals surface area contributed by atoms with Crippen molar-refractivity contribution in [3.8, 4) is 0 Å². The van der Waals surface area contributed by atoms with E-state index in [4.69, 9.17) is 33.7 Å². The summed E-state index contributed by atoms with van der Waals surface area (Å²) in [6.45, 7) is 5.31. The van der Waals surface area contributed by atoms with Gasteiger partial charge in [0.05, 0.1) is 16.2 Å². The van der Waals surface area contributed by atoms with Gasteiger partial charge in [0.15, 0.2) is 0 Å². The van der Waals surface area contributed by atoms with Gasteiger partial charge in [0.1, 0.15) is 0 Å². The summed E-state index contributed by atoms with van der Waals surface area (Å²) in [5.74, 6) is -0.906. The lowest BCUT2D eigenvalue weighted by Crippen LogP contribution is -2.15. The van der Waals surface area contributed by atoms with Crippen LogP contribution < -0.4 is 0 Å². The van der Waals surface area contributed by atoms with E-state index in [0.717, 1.165) is 0 Å². The quantitative estimate of drug-likeness (QED) is 0.607. The van der Waals surface area contributed by atoms with Gasteiger partial charge in [-0.25, -0.2) is 9.68 Å². The summed E-state index contributed by atoms with van der Waals surface area (Å²) < 4.78 is 0. The van der Waals surface area contributed by atoms with E-state index < -0.39 is 11.6 Å². The summed E-state index contributed by atoms with van der Waals surface area (Å²) in [4.78, 5) is 18.2. The number of hydrogen-bond donors (Lipinski definition) is 2. The fourth-order valence-corrected chi connectivity index (χ4v) is 1.19. The molecule has 0 aliphatic rings. The zero-order valence-electron chi connectivity index (χ0n) is 10.1. The van der Waals surface area contributed by atoms with E-state index in [9.17, 15) is 4.79 Å². The number of hydrogen-bond acceptors (Lipinski definition) is 5. The van der Waals surface area contributed by atoms with Crippen LogP contribution in [-0.4, -0.2) is 22.1 Å². The molecule has 18 heavy (non-hydrogen) atoms. The molecule has 1 aromatic rings. The molecule has 0 fully saturated rings. The molecule has 0 unspecified atom stereocenters. The highest BCUT2D eigenvalue weighted by molar-refractivity contribution is 6.36. The molecule has 0 aliphatic heterocycles. The third-order valence-corrected chi connectivity index (χ3v) is 2.06. The molecule has 0 spiro atoms. The molecule has 2 N–H and O–H groups in total. The maximum Gasteiger partial charge on any atom is 0.374 e. The van der Waals surface area contributed by atoms with Gasteiger partial charge >= 0.3 is 5.97 Å². The molecule has 0 aliphatic carbocycles. The number of benzene rings is 1. The summed E-state index contributed by atoms with van der Waals surface area (Å²) in [5.41, 5.74) is -0.330. The van der Waals surface area contributed by atoms with Crippen LogP contribution in [0.4, 0.5) is 0 Å². The molecular formula is C11H14Cl2O5. The lowest BCUT2D eigenvalue weighted by molar-refractivity contribution is -0.306. The monoisotopic (exact) mass is 296 g/mol. The van der Waals surface area contributed by atoms with E-state index in [0.29, 0.717) is 5.02 Å². The lowest BCUT2D eigenvalue weighted by atomic mass is 10.2. The summed E-state index contributed by atoms with van der Waals surface area (Å²) in [6.07, 6.45) is 0. The van der Waals surface area contributed by atoms with Gasteiger partial charge in [-0.3, -0.25) is 10.1 Å². The zero-order chi connectivity index (χ0) is 14.3. The summed E-state index contributed by atoms with van der Waals surface area (Å²) in [5, 5.41) is 16.5. The Morgan fingerprint density at radius 1 is 1.22 bits per heavy atom. The number of carbonyl (C=O) groups excluding carboxylic acids is 1. The molecule has 0 bridgehead atoms. The molecule has 0 saturated heterocycles. The molecule has 102 valence electrons. The highest BCUT2D eigenvalue weighted by Gasteiger charge is 2.11. The lowest BCUT2D eigenvalue weighted by Gasteiger charge is -2.10. The van der Waals surface area contributed by atoms with Crippen LogP contribution in [-0.2, 0) is 9.78 Å². The van der Waals surface area contributed by atoms with Crippen molar-refractivity contribution in [2.45, 2.75) is 26.4 Å². The van der Waals surface area contributed by atoms with Crippen molar-refractivity contribution in [1.82, 2.24) is 0 Å². The van der Waals surface area contributed by atoms with Crippen LogP contribution in [0.25, 0.3) is 0 Å². The van der Waals surface area contributed by atoms with Gasteiger partial charge in [0, 0.05) is 5.02 Å². The maximum absolute atomic E-state index is 10.7. The SMILES string of the molecule is CC(C)(C)OO.O=C(OO)c1ccc(Cl)cc1Cl. The molecule has 0 amide bonds. The average molecular weight is 297 g/mol. The number of halogens is 2. The second kappa shape index (κ2) is 7.56. The van der Waals surface area contributed by atoms with E-state index in [1.54, 1.807) is 20.8 Å². The Morgan fingerprint density at radius 3 is 2.06 bits per heavy atom. The van der Waals surface area contributed by atoms with Gasteiger partial charge in [0.2, 0.25) is 0 Å². The number of rotatable bonds is 1. The third kappa shape index (κ3) is 6.78. The molecule has 0 saturated carbocycles. The van der Waals surface area contributed by atoms with E-state index in [-0.39, 0.29) is 10.6 Å². The van der Waals surface area contributed by atoms with Crippen LogP contribution in [0.1, 0.15) is 31.1 Å². The maximum atomic E-state index is 10.7. The first-order valence-corrected chi connectivity index (χ1v) is 5.60. The van der Waals surface area contributed by atoms with Crippen LogP contribution in [0.2, 0.25) is 10.0 Å². The van der Waals surface area contributed by atoms with Crippen LogP contribution in [0.5, 0.6) is 0 Å². The van der Waals surface area contributed by atoms with Crippen molar-refractivity contribution in [3.05, 3.63) is 33.8 Å². The summed E-state index contributed by atoms with van der Waals surface area (Å²) in [6, 6.07) is 4.22. The second-order valence-corrected chi connectivity index (χ2v) is 5.05. The highest BCUT2D eigenvalue weighted by atomic mass is 35.5. The van der Waals surface area contributed by atoms with Gasteiger partial charge in [-0.1, -0.05) is 23.2 Å². The largest absolute Gasteiger partial charge is 0.374 e. The molecule has 1 aromatic carbocycles. The van der Waals surface area contributed by atoms with E-state index >= 15 is 0 Å². The predicted octanol–water partition coefficient (Wildman–Crippen LogP) is 3.90. The Kier molecular flexibility index (Phi) is 7.20. The van der Waals surface area contributed by atoms with Crippen molar-refractivity contribution >= 4 is 29.2 Å². The van der Waals surface area contributed by atoms with Crippen LogP contribution in [0.15, 0.2) is 18.2 Å². The van der Waals surface area contributed by atoms with Crippen molar-refractivity contribution in [3.63, 3.8) is 0 Å². The molecule has 0 atom stereocenters. The fraction of sp³-hybridized carbons (Fsp3) is 0.364. The standard InChI is InChI=1S/C7H4Cl2O3.C4H10O2/c8-4-1-2-5(6(9)3-4)7(10)12-11;1-4(2,3)6-5/h1-3,11H;5H,1-3H3. The Bertz CT molecular complexity index is 401. The minimum absolute atomic E-state index is 0.0727. The minimum atomic E-state index is -0.906. The highest BCUT2D eigenvalue weighted by Crippen LogP contribution is 2.21. The molecule has 5 nitrogen and oxygen atoms in total. The van der Waals surface area contributed by atoms with Crippen LogP contribution >= 0.6 is 23.2 Å². The zero-order valence-corrected chi connectivity index (χ0v) is 11.6. The van der Waals surface area contributed by atoms with Crippen molar-refractivity contribution in [2.75, 3.05) is 0 Å². The summed E-state index contributed by atoms with van der Waals surface area (Å²) >= 11 is 11.2. The first kappa shape index (κ1) is 17.2. The van der Waals surface area contributed by atoms with Crippen molar-refractivity contribution < 1.29 is 25.1 Å². The smallest absolute Gasteiger partial charge is 0.295 e. The van der Waals surface area contributed by atoms with Crippen LogP contribution in [0, 0.1) is 0 Å². The van der Waals surface area contributed by atoms with Gasteiger partial charge in [0.25, 0.3) is 0 Å². The Balaban J connectivity index is 0.000000411. The molecular weight excluding hydrogens is 283 g/mol. The van der Waals surface area contributed by atoms with Crippen molar-refractivity contribution in [2.24, 2.45) is 0 Å². The average Bonchev–Trinajstić information content (AvgIpc) is 2.28. The van der Waals surface area contributed by atoms with Crippen LogP contribution in [0.3, 0.4) is 0 Å². The van der Waals surface area contributed by atoms with Gasteiger partial charge < -0.3 is 0 Å². The Hall–Kier alpha value is -0.850. The molecule has 0 heterocycles. The predicted molar refractivity (Wildman–Crippen MR) is 68.0 cm³/mol. The Morgan fingerprint density at radius 2 is 1.72 bits per heavy atom. The van der Waals surface area contributed by atoms with Gasteiger partial charge in [-0.2, -0.15) is 5.26 Å². The fourth-order valence-electron chi connectivity index (χ4n) is 0.704. The third-order valence-electron chi connectivity index (χ3n) is 1.51. The van der Waals surface area contributed by atoms with Crippen molar-refractivity contribution in [1.29, 1.82) is 0 Å². The van der Waals surface area contributed by atoms with Gasteiger partial charge in [-0.05, 0) is 39.0 Å². The first-order chi connectivity index (χ1) is 8.21. The molecule has 0 aromatic heterocycles. The molecule has 1 rings (SSSR count). The summed E-state index contributed by atoms with van der Waals surface area (Å²) in [7, 11) is 0. The Labute approximate surface area is 115 Å². The van der Waals surface area contributed by atoms with E-state index in [2.05, 4.69) is 9.78 Å². The minimum Gasteiger partial charge on any atom is -0.295 e. The molecule has 7 heteroatoms. The van der Waals surface area contributed by atoms with Gasteiger partial charge in [-0.15, -0.1) is 0 Å².